The van der Waals surface area contributed by atoms with Gasteiger partial charge in [0.1, 0.15) is 0 Å². The molecule has 5 rings (SSSR count). The van der Waals surface area contributed by atoms with Gasteiger partial charge in [0.15, 0.2) is 0 Å². The standard InChI is InChI=1S/C26H33N5O3S.C2HF3O2/c32-35(33,27-13-6-18-30-14-1-2-15-30)24-11-9-22(10-12-24)26-28-25(29-34-26)23-8-5-7-21(19-23)20-31-16-3-4-17-31;3-2(4,5)1(6)7/h5,7-12,19,27H,1-4,6,13-18,20H2;(H,6,7). The molecule has 0 radical (unpaired) electrons. The summed E-state index contributed by atoms with van der Waals surface area (Å²) in [4.78, 5) is 18.5. The first-order chi connectivity index (χ1) is 20.0. The average molecular weight is 610 g/mol. The van der Waals surface area contributed by atoms with Crippen LogP contribution in [0.25, 0.3) is 22.8 Å². The zero-order valence-electron chi connectivity index (χ0n) is 23.0. The lowest BCUT2D eigenvalue weighted by Gasteiger charge is -2.14. The van der Waals surface area contributed by atoms with Crippen LogP contribution in [0.15, 0.2) is 57.9 Å². The number of hydrogen-bond donors (Lipinski definition) is 2. The zero-order valence-corrected chi connectivity index (χ0v) is 23.8. The molecule has 228 valence electrons. The van der Waals surface area contributed by atoms with E-state index in [9.17, 15) is 21.6 Å². The number of aliphatic carboxylic acids is 1. The summed E-state index contributed by atoms with van der Waals surface area (Å²) in [5, 5.41) is 11.3. The Morgan fingerprint density at radius 1 is 0.952 bits per heavy atom. The third-order valence-electron chi connectivity index (χ3n) is 7.01. The normalized spacial score (nSPS) is 16.4. The number of carboxylic acid groups (broad SMARTS) is 1. The fourth-order valence-corrected chi connectivity index (χ4v) is 5.92. The van der Waals surface area contributed by atoms with E-state index in [0.29, 0.717) is 23.8 Å². The molecule has 0 saturated carbocycles. The second-order valence-corrected chi connectivity index (χ2v) is 12.0. The quantitative estimate of drug-likeness (QED) is 0.322. The van der Waals surface area contributed by atoms with Crippen molar-refractivity contribution in [2.45, 2.75) is 49.7 Å². The van der Waals surface area contributed by atoms with Gasteiger partial charge < -0.3 is 14.5 Å². The molecule has 3 aromatic rings. The predicted molar refractivity (Wildman–Crippen MR) is 149 cm³/mol. The molecule has 2 aromatic carbocycles. The number of sulfonamides is 1. The Balaban J connectivity index is 0.000000517. The van der Waals surface area contributed by atoms with Gasteiger partial charge in [-0.15, -0.1) is 0 Å². The molecule has 0 atom stereocenters. The summed E-state index contributed by atoms with van der Waals surface area (Å²) in [5.74, 6) is -1.86. The Bertz CT molecular complexity index is 1420. The first kappa shape index (κ1) is 31.6. The van der Waals surface area contributed by atoms with Crippen molar-refractivity contribution in [2.24, 2.45) is 0 Å². The van der Waals surface area contributed by atoms with Gasteiger partial charge in [0, 0.05) is 24.2 Å². The second-order valence-electron chi connectivity index (χ2n) is 10.2. The van der Waals surface area contributed by atoms with Crippen LogP contribution in [0, 0.1) is 0 Å². The molecule has 14 heteroatoms. The number of likely N-dealkylation sites (tertiary alicyclic amines) is 2. The van der Waals surface area contributed by atoms with Crippen LogP contribution in [-0.2, 0) is 21.4 Å². The molecule has 3 heterocycles. The van der Waals surface area contributed by atoms with Crippen LogP contribution in [0.5, 0.6) is 0 Å². The summed E-state index contributed by atoms with van der Waals surface area (Å²) in [6.45, 7) is 6.84. The number of carboxylic acids is 1. The fourth-order valence-electron chi connectivity index (χ4n) is 4.84. The lowest BCUT2D eigenvalue weighted by atomic mass is 10.1. The number of halogens is 3. The van der Waals surface area contributed by atoms with Gasteiger partial charge in [-0.1, -0.05) is 23.4 Å². The minimum atomic E-state index is -5.08. The van der Waals surface area contributed by atoms with Crippen molar-refractivity contribution in [2.75, 3.05) is 39.3 Å². The number of hydrogen-bond acceptors (Lipinski definition) is 8. The molecule has 0 bridgehead atoms. The van der Waals surface area contributed by atoms with E-state index < -0.39 is 22.2 Å². The first-order valence-electron chi connectivity index (χ1n) is 13.8. The highest BCUT2D eigenvalue weighted by Crippen LogP contribution is 2.25. The predicted octanol–water partition coefficient (Wildman–Crippen LogP) is 4.40. The number of nitrogens with zero attached hydrogens (tertiary/aromatic N) is 4. The maximum absolute atomic E-state index is 12.6. The molecule has 2 aliphatic rings. The maximum atomic E-state index is 12.6. The van der Waals surface area contributed by atoms with Gasteiger partial charge in [-0.2, -0.15) is 18.2 Å². The van der Waals surface area contributed by atoms with Crippen molar-refractivity contribution in [1.29, 1.82) is 0 Å². The molecule has 2 saturated heterocycles. The average Bonchev–Trinajstić information content (AvgIpc) is 3.75. The third kappa shape index (κ3) is 9.08. The summed E-state index contributed by atoms with van der Waals surface area (Å²) in [6, 6.07) is 14.8. The van der Waals surface area contributed by atoms with Crippen molar-refractivity contribution in [3.8, 4) is 22.8 Å². The van der Waals surface area contributed by atoms with E-state index in [4.69, 9.17) is 14.4 Å². The molecule has 2 fully saturated rings. The highest BCUT2D eigenvalue weighted by atomic mass is 32.2. The van der Waals surface area contributed by atoms with E-state index in [-0.39, 0.29) is 4.90 Å². The van der Waals surface area contributed by atoms with Gasteiger partial charge in [0.25, 0.3) is 5.89 Å². The summed E-state index contributed by atoms with van der Waals surface area (Å²) < 4.78 is 65.2. The molecular formula is C28H34F3N5O5S. The van der Waals surface area contributed by atoms with Crippen molar-refractivity contribution in [3.05, 3.63) is 54.1 Å². The number of aromatic nitrogens is 2. The van der Waals surface area contributed by atoms with Crippen LogP contribution >= 0.6 is 0 Å². The molecule has 0 unspecified atom stereocenters. The molecule has 0 amide bonds. The van der Waals surface area contributed by atoms with Crippen LogP contribution < -0.4 is 4.72 Å². The van der Waals surface area contributed by atoms with Crippen LogP contribution in [0.1, 0.15) is 37.7 Å². The van der Waals surface area contributed by atoms with Crippen molar-refractivity contribution in [1.82, 2.24) is 24.7 Å². The van der Waals surface area contributed by atoms with Crippen LogP contribution in [0.4, 0.5) is 13.2 Å². The minimum Gasteiger partial charge on any atom is -0.475 e. The third-order valence-corrected chi connectivity index (χ3v) is 8.49. The molecule has 0 aliphatic carbocycles. The number of carbonyl (C=O) groups is 1. The van der Waals surface area contributed by atoms with Crippen molar-refractivity contribution < 1.29 is 36.0 Å². The van der Waals surface area contributed by atoms with Crippen molar-refractivity contribution in [3.63, 3.8) is 0 Å². The van der Waals surface area contributed by atoms with Gasteiger partial charge in [0.05, 0.1) is 4.90 Å². The number of benzene rings is 2. The smallest absolute Gasteiger partial charge is 0.475 e. The largest absolute Gasteiger partial charge is 0.490 e. The molecule has 0 spiro atoms. The van der Waals surface area contributed by atoms with E-state index in [0.717, 1.165) is 51.3 Å². The van der Waals surface area contributed by atoms with Gasteiger partial charge in [-0.05, 0) is 101 Å². The molecule has 2 aliphatic heterocycles. The van der Waals surface area contributed by atoms with Crippen LogP contribution in [0.3, 0.4) is 0 Å². The van der Waals surface area contributed by atoms with E-state index >= 15 is 0 Å². The SMILES string of the molecule is O=C(O)C(F)(F)F.O=S(=O)(NCCCN1CCCC1)c1ccc(-c2nc(-c3cccc(CN4CCCC4)c3)no2)cc1. The lowest BCUT2D eigenvalue weighted by molar-refractivity contribution is -0.192. The van der Waals surface area contributed by atoms with Gasteiger partial charge >= 0.3 is 12.1 Å². The van der Waals surface area contributed by atoms with Crippen LogP contribution in [0.2, 0.25) is 0 Å². The molecule has 1 aromatic heterocycles. The Morgan fingerprint density at radius 3 is 2.19 bits per heavy atom. The monoisotopic (exact) mass is 609 g/mol. The number of nitrogens with one attached hydrogen (secondary N) is 1. The Labute approximate surface area is 242 Å². The first-order valence-corrected chi connectivity index (χ1v) is 15.3. The van der Waals surface area contributed by atoms with E-state index in [1.807, 2.05) is 12.1 Å². The van der Waals surface area contributed by atoms with E-state index in [2.05, 4.69) is 36.8 Å². The highest BCUT2D eigenvalue weighted by molar-refractivity contribution is 7.89. The summed E-state index contributed by atoms with van der Waals surface area (Å²) in [6.07, 6.45) is 0.738. The fraction of sp³-hybridized carbons (Fsp3) is 0.464. The minimum absolute atomic E-state index is 0.233. The zero-order chi connectivity index (χ0) is 30.2. The number of rotatable bonds is 10. The maximum Gasteiger partial charge on any atom is 0.490 e. The summed E-state index contributed by atoms with van der Waals surface area (Å²) in [7, 11) is -3.55. The lowest BCUT2D eigenvalue weighted by Crippen LogP contribution is -2.28. The van der Waals surface area contributed by atoms with E-state index in [1.165, 1.54) is 31.2 Å². The Morgan fingerprint density at radius 2 is 1.57 bits per heavy atom. The van der Waals surface area contributed by atoms with Gasteiger partial charge in [0.2, 0.25) is 15.8 Å². The highest BCUT2D eigenvalue weighted by Gasteiger charge is 2.38. The summed E-state index contributed by atoms with van der Waals surface area (Å²) >= 11 is 0. The summed E-state index contributed by atoms with van der Waals surface area (Å²) in [5.41, 5.74) is 2.83. The van der Waals surface area contributed by atoms with E-state index in [1.54, 1.807) is 24.3 Å². The molecule has 10 nitrogen and oxygen atoms in total. The Kier molecular flexibility index (Phi) is 10.7. The van der Waals surface area contributed by atoms with Crippen LogP contribution in [-0.4, -0.2) is 84.9 Å². The molecule has 2 N–H and O–H groups in total. The van der Waals surface area contributed by atoms with Crippen molar-refractivity contribution >= 4 is 16.0 Å². The molecular weight excluding hydrogens is 575 g/mol. The van der Waals surface area contributed by atoms with Gasteiger partial charge in [-0.3, -0.25) is 4.90 Å². The second kappa shape index (κ2) is 14.2. The van der Waals surface area contributed by atoms with Gasteiger partial charge in [-0.25, -0.2) is 17.9 Å². The Hall–Kier alpha value is -3.33. The molecule has 42 heavy (non-hydrogen) atoms. The number of alkyl halides is 3. The topological polar surface area (TPSA) is 129 Å².